The summed E-state index contributed by atoms with van der Waals surface area (Å²) in [7, 11) is 0. The largest absolute Gasteiger partial charge is 0.330 e. The van der Waals surface area contributed by atoms with Crippen LogP contribution in [0.2, 0.25) is 0 Å². The monoisotopic (exact) mass is 222 g/mol. The van der Waals surface area contributed by atoms with Gasteiger partial charge in [0, 0.05) is 13.0 Å². The maximum Gasteiger partial charge on any atom is 0.138 e. The second kappa shape index (κ2) is 4.95. The highest BCUT2D eigenvalue weighted by molar-refractivity contribution is 4.96. The van der Waals surface area contributed by atoms with Gasteiger partial charge in [-0.25, -0.2) is 4.98 Å². The quantitative estimate of drug-likeness (QED) is 0.844. The van der Waals surface area contributed by atoms with E-state index in [0.29, 0.717) is 0 Å². The van der Waals surface area contributed by atoms with Crippen LogP contribution in [0.1, 0.15) is 44.9 Å². The Balaban J connectivity index is 2.11. The Morgan fingerprint density at radius 2 is 2.12 bits per heavy atom. The molecule has 0 aromatic carbocycles. The smallest absolute Gasteiger partial charge is 0.138 e. The van der Waals surface area contributed by atoms with Crippen molar-refractivity contribution in [2.45, 2.75) is 52.0 Å². The van der Waals surface area contributed by atoms with Crippen LogP contribution >= 0.6 is 0 Å². The molecule has 2 N–H and O–H groups in total. The van der Waals surface area contributed by atoms with Gasteiger partial charge < -0.3 is 5.73 Å². The molecule has 1 heterocycles. The molecular weight excluding hydrogens is 200 g/mol. The fourth-order valence-corrected chi connectivity index (χ4v) is 2.78. The number of rotatable bonds is 4. The summed E-state index contributed by atoms with van der Waals surface area (Å²) in [5.74, 6) is 1.11. The summed E-state index contributed by atoms with van der Waals surface area (Å²) >= 11 is 0. The third kappa shape index (κ3) is 2.26. The van der Waals surface area contributed by atoms with E-state index in [2.05, 4.69) is 17.0 Å². The lowest BCUT2D eigenvalue weighted by atomic mass is 9.71. The predicted molar refractivity (Wildman–Crippen MR) is 64.0 cm³/mol. The third-order valence-corrected chi connectivity index (χ3v) is 3.88. The maximum atomic E-state index is 5.99. The third-order valence-electron chi connectivity index (χ3n) is 3.88. The molecule has 90 valence electrons. The Hall–Kier alpha value is -0.900. The van der Waals surface area contributed by atoms with Crippen molar-refractivity contribution < 1.29 is 0 Å². The molecule has 1 aliphatic carbocycles. The molecule has 1 aliphatic rings. The molecule has 0 spiro atoms. The van der Waals surface area contributed by atoms with Crippen LogP contribution < -0.4 is 5.73 Å². The fraction of sp³-hybridized carbons (Fsp3) is 0.833. The Morgan fingerprint density at radius 3 is 2.75 bits per heavy atom. The van der Waals surface area contributed by atoms with Gasteiger partial charge in [-0.2, -0.15) is 5.10 Å². The van der Waals surface area contributed by atoms with E-state index >= 15 is 0 Å². The van der Waals surface area contributed by atoms with Crippen molar-refractivity contribution in [3.8, 4) is 0 Å². The van der Waals surface area contributed by atoms with Gasteiger partial charge in [0.1, 0.15) is 12.2 Å². The normalized spacial score (nSPS) is 19.9. The van der Waals surface area contributed by atoms with Crippen molar-refractivity contribution in [1.29, 1.82) is 0 Å². The number of hydrogen-bond donors (Lipinski definition) is 1. The molecule has 16 heavy (non-hydrogen) atoms. The van der Waals surface area contributed by atoms with Gasteiger partial charge in [-0.1, -0.05) is 19.3 Å². The highest BCUT2D eigenvalue weighted by Gasteiger charge is 2.32. The zero-order valence-electron chi connectivity index (χ0n) is 10.2. The topological polar surface area (TPSA) is 56.7 Å². The molecule has 0 unspecified atom stereocenters. The first-order valence-electron chi connectivity index (χ1n) is 6.36. The Kier molecular flexibility index (Phi) is 3.59. The highest BCUT2D eigenvalue weighted by atomic mass is 15.3. The lowest BCUT2D eigenvalue weighted by Crippen LogP contribution is -2.35. The molecule has 0 amide bonds. The van der Waals surface area contributed by atoms with E-state index in [-0.39, 0.29) is 5.41 Å². The minimum absolute atomic E-state index is 0.290. The van der Waals surface area contributed by atoms with Crippen LogP contribution in [-0.4, -0.2) is 21.3 Å². The average Bonchev–Trinajstić information content (AvgIpc) is 2.77. The van der Waals surface area contributed by atoms with Gasteiger partial charge in [0.2, 0.25) is 0 Å². The lowest BCUT2D eigenvalue weighted by Gasteiger charge is -2.35. The molecule has 1 saturated carbocycles. The van der Waals surface area contributed by atoms with Crippen molar-refractivity contribution in [1.82, 2.24) is 14.8 Å². The molecule has 0 bridgehead atoms. The van der Waals surface area contributed by atoms with Gasteiger partial charge in [0.25, 0.3) is 0 Å². The minimum Gasteiger partial charge on any atom is -0.330 e. The van der Waals surface area contributed by atoms with Gasteiger partial charge in [-0.15, -0.1) is 0 Å². The SMILES string of the molecule is CCn1ncnc1CC1(CN)CCCCC1. The van der Waals surface area contributed by atoms with Crippen LogP contribution in [-0.2, 0) is 13.0 Å². The van der Waals surface area contributed by atoms with E-state index in [9.17, 15) is 0 Å². The van der Waals surface area contributed by atoms with Crippen LogP contribution in [0.3, 0.4) is 0 Å². The van der Waals surface area contributed by atoms with Crippen LogP contribution in [0.15, 0.2) is 6.33 Å². The average molecular weight is 222 g/mol. The highest BCUT2D eigenvalue weighted by Crippen LogP contribution is 2.37. The van der Waals surface area contributed by atoms with E-state index in [1.54, 1.807) is 6.33 Å². The first-order chi connectivity index (χ1) is 7.79. The zero-order chi connectivity index (χ0) is 11.4. The molecule has 0 saturated heterocycles. The van der Waals surface area contributed by atoms with Gasteiger partial charge >= 0.3 is 0 Å². The summed E-state index contributed by atoms with van der Waals surface area (Å²) in [6.07, 6.45) is 9.15. The fourth-order valence-electron chi connectivity index (χ4n) is 2.78. The van der Waals surface area contributed by atoms with Crippen LogP contribution in [0.5, 0.6) is 0 Å². The maximum absolute atomic E-state index is 5.99. The lowest BCUT2D eigenvalue weighted by molar-refractivity contribution is 0.191. The standard InChI is InChI=1S/C12H22N4/c1-2-16-11(14-10-15-16)8-12(9-13)6-4-3-5-7-12/h10H,2-9,13H2,1H3. The van der Waals surface area contributed by atoms with E-state index in [1.165, 1.54) is 32.1 Å². The number of hydrogen-bond acceptors (Lipinski definition) is 3. The van der Waals surface area contributed by atoms with Crippen molar-refractivity contribution >= 4 is 0 Å². The number of aryl methyl sites for hydroxylation is 1. The Morgan fingerprint density at radius 1 is 1.38 bits per heavy atom. The van der Waals surface area contributed by atoms with Crippen molar-refractivity contribution in [2.75, 3.05) is 6.54 Å². The summed E-state index contributed by atoms with van der Waals surface area (Å²) in [6.45, 7) is 3.79. The summed E-state index contributed by atoms with van der Waals surface area (Å²) < 4.78 is 1.99. The predicted octanol–water partition coefficient (Wildman–Crippen LogP) is 1.75. The molecule has 4 nitrogen and oxygen atoms in total. The summed E-state index contributed by atoms with van der Waals surface area (Å²) in [5, 5.41) is 4.23. The summed E-state index contributed by atoms with van der Waals surface area (Å²) in [6, 6.07) is 0. The van der Waals surface area contributed by atoms with Crippen molar-refractivity contribution in [3.63, 3.8) is 0 Å². The van der Waals surface area contributed by atoms with Gasteiger partial charge in [-0.3, -0.25) is 4.68 Å². The first kappa shape index (κ1) is 11.6. The van der Waals surface area contributed by atoms with Crippen LogP contribution in [0.4, 0.5) is 0 Å². The molecule has 0 atom stereocenters. The van der Waals surface area contributed by atoms with E-state index < -0.39 is 0 Å². The molecule has 0 radical (unpaired) electrons. The summed E-state index contributed by atoms with van der Waals surface area (Å²) in [5.41, 5.74) is 6.28. The number of aromatic nitrogens is 3. The number of nitrogens with zero attached hydrogens (tertiary/aromatic N) is 3. The second-order valence-corrected chi connectivity index (χ2v) is 4.93. The van der Waals surface area contributed by atoms with E-state index in [4.69, 9.17) is 5.73 Å². The molecule has 2 rings (SSSR count). The van der Waals surface area contributed by atoms with E-state index in [1.807, 2.05) is 4.68 Å². The second-order valence-electron chi connectivity index (χ2n) is 4.93. The molecule has 1 aromatic heterocycles. The van der Waals surface area contributed by atoms with Crippen LogP contribution in [0.25, 0.3) is 0 Å². The Bertz CT molecular complexity index is 326. The van der Waals surface area contributed by atoms with Crippen molar-refractivity contribution in [3.05, 3.63) is 12.2 Å². The zero-order valence-corrected chi connectivity index (χ0v) is 10.2. The van der Waals surface area contributed by atoms with Gasteiger partial charge in [-0.05, 0) is 31.7 Å². The molecule has 0 aliphatic heterocycles. The van der Waals surface area contributed by atoms with Crippen molar-refractivity contribution in [2.24, 2.45) is 11.1 Å². The molecule has 1 fully saturated rings. The van der Waals surface area contributed by atoms with Gasteiger partial charge in [0.05, 0.1) is 0 Å². The molecule has 1 aromatic rings. The van der Waals surface area contributed by atoms with Crippen LogP contribution in [0, 0.1) is 5.41 Å². The summed E-state index contributed by atoms with van der Waals surface area (Å²) in [4.78, 5) is 4.37. The van der Waals surface area contributed by atoms with Gasteiger partial charge in [0.15, 0.2) is 0 Å². The number of nitrogens with two attached hydrogens (primary N) is 1. The first-order valence-corrected chi connectivity index (χ1v) is 6.36. The van der Waals surface area contributed by atoms with E-state index in [0.717, 1.165) is 25.3 Å². The Labute approximate surface area is 97.2 Å². The minimum atomic E-state index is 0.290. The molecule has 4 heteroatoms. The molecular formula is C12H22N4.